The molecule has 0 amide bonds. The first-order valence-corrected chi connectivity index (χ1v) is 9.50. The molecule has 0 bridgehead atoms. The van der Waals surface area contributed by atoms with Gasteiger partial charge in [-0.1, -0.05) is 29.8 Å². The lowest BCUT2D eigenvalue weighted by atomic mass is 9.73. The fraction of sp³-hybridized carbons (Fsp3) is 0.286. The topological polar surface area (TPSA) is 102 Å². The summed E-state index contributed by atoms with van der Waals surface area (Å²) in [5.74, 6) is 0.790. The van der Waals surface area contributed by atoms with E-state index in [1.54, 1.807) is 14.2 Å². The Balaban J connectivity index is 1.90. The van der Waals surface area contributed by atoms with Crippen LogP contribution in [0.3, 0.4) is 0 Å². The Morgan fingerprint density at radius 1 is 1.10 bits per heavy atom. The largest absolute Gasteiger partial charge is 0.497 e. The number of nitriles is 1. The number of fused-ring (bicyclic) bond motifs is 1. The number of halogens is 1. The molecule has 4 unspecified atom stereocenters. The van der Waals surface area contributed by atoms with E-state index in [9.17, 15) is 5.26 Å². The number of benzene rings is 2. The summed E-state index contributed by atoms with van der Waals surface area (Å²) in [6.07, 6.45) is -0.450. The summed E-state index contributed by atoms with van der Waals surface area (Å²) in [6, 6.07) is 15.1. The maximum atomic E-state index is 9.91. The van der Waals surface area contributed by atoms with Gasteiger partial charge in [0.2, 0.25) is 5.88 Å². The van der Waals surface area contributed by atoms with Crippen molar-refractivity contribution < 1.29 is 14.2 Å². The molecule has 8 heteroatoms. The molecular weight excluding hydrogens is 392 g/mol. The predicted octanol–water partition coefficient (Wildman–Crippen LogP) is 2.96. The van der Waals surface area contributed by atoms with Gasteiger partial charge in [-0.2, -0.15) is 5.26 Å². The standard InChI is InChI=1S/C21H21ClN4O3/c1-27-11-7-8-16(28-2)13(9-11)17-14(10-23)20(24)29-21-18(17)19(25-26-21)12-5-3-4-6-15(12)22/h3-9,17-19,21,25-26H,24H2,1-2H3. The number of ether oxygens (including phenoxy) is 3. The van der Waals surface area contributed by atoms with E-state index < -0.39 is 12.1 Å². The highest BCUT2D eigenvalue weighted by Crippen LogP contribution is 2.50. The number of allylic oxidation sites excluding steroid dienone is 1. The van der Waals surface area contributed by atoms with Crippen LogP contribution < -0.4 is 26.1 Å². The van der Waals surface area contributed by atoms with E-state index in [2.05, 4.69) is 16.9 Å². The van der Waals surface area contributed by atoms with Crippen molar-refractivity contribution in [2.75, 3.05) is 14.2 Å². The molecule has 150 valence electrons. The van der Waals surface area contributed by atoms with E-state index in [1.165, 1.54) is 0 Å². The van der Waals surface area contributed by atoms with Gasteiger partial charge in [0, 0.05) is 22.4 Å². The van der Waals surface area contributed by atoms with Crippen molar-refractivity contribution in [1.29, 1.82) is 5.26 Å². The van der Waals surface area contributed by atoms with E-state index in [0.29, 0.717) is 22.1 Å². The SMILES string of the molecule is COc1ccc(OC)c(C2C(C#N)=C(N)OC3NNC(c4ccccc4Cl)C32)c1. The van der Waals surface area contributed by atoms with Crippen molar-refractivity contribution in [3.8, 4) is 17.6 Å². The molecule has 7 nitrogen and oxygen atoms in total. The highest BCUT2D eigenvalue weighted by atomic mass is 35.5. The minimum atomic E-state index is -0.450. The molecule has 2 aromatic carbocycles. The van der Waals surface area contributed by atoms with Crippen LogP contribution in [0, 0.1) is 17.2 Å². The van der Waals surface area contributed by atoms with Gasteiger partial charge < -0.3 is 19.9 Å². The first kappa shape index (κ1) is 19.4. The Labute approximate surface area is 174 Å². The monoisotopic (exact) mass is 412 g/mol. The fourth-order valence-electron chi connectivity index (χ4n) is 4.14. The van der Waals surface area contributed by atoms with Crippen LogP contribution in [0.15, 0.2) is 53.9 Å². The molecule has 1 fully saturated rings. The number of methoxy groups -OCH3 is 2. The lowest BCUT2D eigenvalue weighted by Crippen LogP contribution is -2.41. The molecule has 0 aliphatic carbocycles. The third-order valence-corrected chi connectivity index (χ3v) is 5.81. The van der Waals surface area contributed by atoms with Crippen molar-refractivity contribution in [2.24, 2.45) is 11.7 Å². The number of hydrazine groups is 1. The van der Waals surface area contributed by atoms with Crippen LogP contribution in [-0.2, 0) is 4.74 Å². The van der Waals surface area contributed by atoms with Gasteiger partial charge in [-0.05, 0) is 29.8 Å². The smallest absolute Gasteiger partial charge is 0.200 e. The first-order valence-electron chi connectivity index (χ1n) is 9.12. The number of rotatable bonds is 4. The summed E-state index contributed by atoms with van der Waals surface area (Å²) in [7, 11) is 3.19. The van der Waals surface area contributed by atoms with Crippen molar-refractivity contribution in [1.82, 2.24) is 10.9 Å². The lowest BCUT2D eigenvalue weighted by molar-refractivity contribution is 0.0337. The number of hydrogen-bond donors (Lipinski definition) is 3. The molecule has 4 rings (SSSR count). The van der Waals surface area contributed by atoms with Gasteiger partial charge in [-0.25, -0.2) is 10.9 Å². The van der Waals surface area contributed by atoms with Gasteiger partial charge in [0.25, 0.3) is 0 Å². The average molecular weight is 413 g/mol. The minimum absolute atomic E-state index is 0.0951. The Bertz CT molecular complexity index is 1000. The fourth-order valence-corrected chi connectivity index (χ4v) is 4.40. The zero-order valence-corrected chi connectivity index (χ0v) is 16.7. The Kier molecular flexibility index (Phi) is 5.24. The molecule has 2 heterocycles. The Hall–Kier alpha value is -2.92. The zero-order chi connectivity index (χ0) is 20.5. The normalized spacial score (nSPS) is 25.7. The van der Waals surface area contributed by atoms with E-state index in [0.717, 1.165) is 11.1 Å². The van der Waals surface area contributed by atoms with Crippen LogP contribution in [-0.4, -0.2) is 20.4 Å². The summed E-state index contributed by atoms with van der Waals surface area (Å²) < 4.78 is 16.8. The second-order valence-electron chi connectivity index (χ2n) is 6.88. The Morgan fingerprint density at radius 2 is 1.90 bits per heavy atom. The predicted molar refractivity (Wildman–Crippen MR) is 108 cm³/mol. The zero-order valence-electron chi connectivity index (χ0n) is 16.0. The molecule has 29 heavy (non-hydrogen) atoms. The van der Waals surface area contributed by atoms with Gasteiger partial charge >= 0.3 is 0 Å². The van der Waals surface area contributed by atoms with Crippen molar-refractivity contribution in [3.63, 3.8) is 0 Å². The van der Waals surface area contributed by atoms with Gasteiger partial charge in [0.05, 0.1) is 25.8 Å². The van der Waals surface area contributed by atoms with Crippen LogP contribution in [0.1, 0.15) is 23.1 Å². The molecule has 2 aliphatic rings. The summed E-state index contributed by atoms with van der Waals surface area (Å²) in [5.41, 5.74) is 14.6. The maximum absolute atomic E-state index is 9.91. The quantitative estimate of drug-likeness (QED) is 0.709. The lowest BCUT2D eigenvalue weighted by Gasteiger charge is -2.36. The summed E-state index contributed by atoms with van der Waals surface area (Å²) in [5, 5.41) is 10.5. The van der Waals surface area contributed by atoms with Crippen LogP contribution in [0.5, 0.6) is 11.5 Å². The third kappa shape index (κ3) is 3.25. The number of nitrogens with zero attached hydrogens (tertiary/aromatic N) is 1. The first-order chi connectivity index (χ1) is 14.1. The molecule has 2 aromatic rings. The molecule has 0 aromatic heterocycles. The Morgan fingerprint density at radius 3 is 2.59 bits per heavy atom. The second kappa shape index (κ2) is 7.84. The van der Waals surface area contributed by atoms with E-state index in [-0.39, 0.29) is 17.8 Å². The molecule has 4 atom stereocenters. The molecule has 0 saturated carbocycles. The molecule has 0 radical (unpaired) electrons. The molecule has 1 saturated heterocycles. The van der Waals surface area contributed by atoms with Crippen molar-refractivity contribution in [3.05, 3.63) is 70.1 Å². The van der Waals surface area contributed by atoms with Gasteiger partial charge in [-0.3, -0.25) is 0 Å². The van der Waals surface area contributed by atoms with Crippen molar-refractivity contribution >= 4 is 11.6 Å². The minimum Gasteiger partial charge on any atom is -0.497 e. The van der Waals surface area contributed by atoms with Gasteiger partial charge in [-0.15, -0.1) is 0 Å². The molecule has 0 spiro atoms. The second-order valence-corrected chi connectivity index (χ2v) is 7.29. The van der Waals surface area contributed by atoms with Crippen LogP contribution in [0.25, 0.3) is 0 Å². The van der Waals surface area contributed by atoms with E-state index in [4.69, 9.17) is 31.5 Å². The van der Waals surface area contributed by atoms with Crippen LogP contribution in [0.4, 0.5) is 0 Å². The highest BCUT2D eigenvalue weighted by molar-refractivity contribution is 6.31. The summed E-state index contributed by atoms with van der Waals surface area (Å²) in [4.78, 5) is 0. The number of hydrogen-bond acceptors (Lipinski definition) is 7. The number of nitrogens with two attached hydrogens (primary N) is 1. The maximum Gasteiger partial charge on any atom is 0.200 e. The number of nitrogens with one attached hydrogen (secondary N) is 2. The summed E-state index contributed by atoms with van der Waals surface area (Å²) >= 11 is 6.48. The molecular formula is C21H21ClN4O3. The van der Waals surface area contributed by atoms with Crippen molar-refractivity contribution in [2.45, 2.75) is 18.2 Å². The average Bonchev–Trinajstić information content (AvgIpc) is 3.15. The van der Waals surface area contributed by atoms with Crippen LogP contribution >= 0.6 is 11.6 Å². The third-order valence-electron chi connectivity index (χ3n) is 5.46. The van der Waals surface area contributed by atoms with Gasteiger partial charge in [0.1, 0.15) is 17.6 Å². The molecule has 2 aliphatic heterocycles. The van der Waals surface area contributed by atoms with E-state index >= 15 is 0 Å². The van der Waals surface area contributed by atoms with E-state index in [1.807, 2.05) is 42.5 Å². The van der Waals surface area contributed by atoms with Crippen LogP contribution in [0.2, 0.25) is 5.02 Å². The summed E-state index contributed by atoms with van der Waals surface area (Å²) in [6.45, 7) is 0. The molecule has 4 N–H and O–H groups in total. The van der Waals surface area contributed by atoms with Gasteiger partial charge in [0.15, 0.2) is 6.23 Å². The highest BCUT2D eigenvalue weighted by Gasteiger charge is 2.50.